The molecule has 12 heteroatoms. The van der Waals surface area contributed by atoms with Crippen LogP contribution in [0.1, 0.15) is 264 Å². The lowest BCUT2D eigenvalue weighted by atomic mass is 10.0. The minimum atomic E-state index is -4.75. The first-order valence-corrected chi connectivity index (χ1v) is 27.1. The van der Waals surface area contributed by atoms with Crippen LogP contribution in [0.3, 0.4) is 0 Å². The molecule has 0 spiro atoms. The molecule has 61 heavy (non-hydrogen) atoms. The molecular formula is C49H96NO10P. The van der Waals surface area contributed by atoms with Crippen molar-refractivity contribution < 1.29 is 47.8 Å². The first kappa shape index (κ1) is 59.5. The van der Waals surface area contributed by atoms with Gasteiger partial charge in [-0.05, 0) is 12.8 Å². The minimum absolute atomic E-state index is 0.153. The molecule has 362 valence electrons. The van der Waals surface area contributed by atoms with E-state index in [1.165, 1.54) is 186 Å². The van der Waals surface area contributed by atoms with Crippen molar-refractivity contribution in [1.82, 2.24) is 5.32 Å². The molecule has 0 bridgehead atoms. The van der Waals surface area contributed by atoms with Crippen LogP contribution in [0.15, 0.2) is 0 Å². The molecule has 0 aromatic carbocycles. The number of esters is 1. The van der Waals surface area contributed by atoms with E-state index in [-0.39, 0.29) is 12.8 Å². The summed E-state index contributed by atoms with van der Waals surface area (Å²) in [6.45, 7) is 2.66. The first-order valence-electron chi connectivity index (χ1n) is 25.6. The second-order valence-corrected chi connectivity index (χ2v) is 19.2. The quantitative estimate of drug-likeness (QED) is 0.0262. The summed E-state index contributed by atoms with van der Waals surface area (Å²) in [6.07, 6.45) is 45.5. The molecule has 0 saturated heterocycles. The van der Waals surface area contributed by atoms with E-state index in [0.29, 0.717) is 12.8 Å². The predicted molar refractivity (Wildman–Crippen MR) is 250 cm³/mol. The largest absolute Gasteiger partial charge is 0.480 e. The zero-order chi connectivity index (χ0) is 44.9. The second kappa shape index (κ2) is 45.1. The highest BCUT2D eigenvalue weighted by Gasteiger charge is 2.28. The average Bonchev–Trinajstić information content (AvgIpc) is 3.24. The Labute approximate surface area is 374 Å². The third-order valence-electron chi connectivity index (χ3n) is 11.6. The molecule has 3 unspecified atom stereocenters. The number of phosphoric ester groups is 1. The highest BCUT2D eigenvalue weighted by molar-refractivity contribution is 7.47. The van der Waals surface area contributed by atoms with Crippen LogP contribution < -0.4 is 5.32 Å². The fourth-order valence-corrected chi connectivity index (χ4v) is 8.44. The summed E-state index contributed by atoms with van der Waals surface area (Å²) in [5, 5.41) is 21.9. The van der Waals surface area contributed by atoms with Crippen molar-refractivity contribution in [2.24, 2.45) is 0 Å². The SMILES string of the molecule is CCCCCCCCCCCCCCCCCCCCCC(=O)OCC(O)COP(=O)(O)OCC(NC(=O)CCCCCCCCCCCCCCCCCCCC)C(=O)O. The van der Waals surface area contributed by atoms with Gasteiger partial charge in [-0.15, -0.1) is 0 Å². The van der Waals surface area contributed by atoms with E-state index in [0.717, 1.165) is 38.5 Å². The van der Waals surface area contributed by atoms with Crippen LogP contribution >= 0.6 is 7.82 Å². The molecule has 0 radical (unpaired) electrons. The summed E-state index contributed by atoms with van der Waals surface area (Å²) in [6, 6.07) is -1.54. The molecule has 0 fully saturated rings. The maximum absolute atomic E-state index is 12.4. The molecule has 0 saturated carbocycles. The summed E-state index contributed by atoms with van der Waals surface area (Å²) in [4.78, 5) is 46.1. The number of aliphatic hydroxyl groups excluding tert-OH is 1. The number of carbonyl (C=O) groups excluding carboxylic acids is 2. The van der Waals surface area contributed by atoms with Crippen LogP contribution in [0.5, 0.6) is 0 Å². The van der Waals surface area contributed by atoms with Crippen molar-refractivity contribution in [1.29, 1.82) is 0 Å². The highest BCUT2D eigenvalue weighted by Crippen LogP contribution is 2.43. The lowest BCUT2D eigenvalue weighted by Gasteiger charge is -2.18. The van der Waals surface area contributed by atoms with Crippen LogP contribution in [-0.2, 0) is 32.7 Å². The molecule has 0 rings (SSSR count). The standard InChI is InChI=1S/C49H96NO10P/c1-3-5-7-9-11-13-15-17-19-21-23-25-27-29-31-33-35-37-39-41-48(53)58-42-45(51)43-59-61(56,57)60-44-46(49(54)55)50-47(52)40-38-36-34-32-30-28-26-24-22-20-18-16-14-12-10-8-6-4-2/h45-46,51H,3-44H2,1-2H3,(H,50,52)(H,54,55)(H,56,57). The van der Waals surface area contributed by atoms with E-state index < -0.39 is 57.6 Å². The lowest BCUT2D eigenvalue weighted by molar-refractivity contribution is -0.147. The van der Waals surface area contributed by atoms with E-state index in [2.05, 4.69) is 19.2 Å². The van der Waals surface area contributed by atoms with Crippen LogP contribution in [0.25, 0.3) is 0 Å². The summed E-state index contributed by atoms with van der Waals surface area (Å²) < 4.78 is 26.9. The Morgan fingerprint density at radius 3 is 1.08 bits per heavy atom. The van der Waals surface area contributed by atoms with Crippen LogP contribution in [0, 0.1) is 0 Å². The molecular weight excluding hydrogens is 794 g/mol. The monoisotopic (exact) mass is 890 g/mol. The van der Waals surface area contributed by atoms with Gasteiger partial charge in [-0.2, -0.15) is 0 Å². The van der Waals surface area contributed by atoms with Gasteiger partial charge >= 0.3 is 19.8 Å². The summed E-state index contributed by atoms with van der Waals surface area (Å²) in [7, 11) is -4.75. The van der Waals surface area contributed by atoms with Crippen LogP contribution in [0.4, 0.5) is 0 Å². The molecule has 0 aromatic heterocycles. The number of unbranched alkanes of at least 4 members (excludes halogenated alkanes) is 35. The Hall–Kier alpha value is -1.52. The molecule has 0 heterocycles. The number of aliphatic hydroxyl groups is 1. The fourth-order valence-electron chi connectivity index (χ4n) is 7.67. The number of aliphatic carboxylic acids is 1. The Morgan fingerprint density at radius 1 is 0.459 bits per heavy atom. The van der Waals surface area contributed by atoms with Crippen molar-refractivity contribution in [2.45, 2.75) is 276 Å². The van der Waals surface area contributed by atoms with Crippen molar-refractivity contribution in [3.05, 3.63) is 0 Å². The number of carboxylic acid groups (broad SMARTS) is 1. The maximum Gasteiger partial charge on any atom is 0.472 e. The molecule has 11 nitrogen and oxygen atoms in total. The van der Waals surface area contributed by atoms with E-state index in [1.54, 1.807) is 0 Å². The van der Waals surface area contributed by atoms with Crippen molar-refractivity contribution in [3.63, 3.8) is 0 Å². The lowest BCUT2D eigenvalue weighted by Crippen LogP contribution is -2.43. The Balaban J connectivity index is 3.78. The van der Waals surface area contributed by atoms with Gasteiger partial charge in [-0.25, -0.2) is 9.36 Å². The van der Waals surface area contributed by atoms with Gasteiger partial charge in [0.2, 0.25) is 5.91 Å². The summed E-state index contributed by atoms with van der Waals surface area (Å²) in [5.41, 5.74) is 0. The van der Waals surface area contributed by atoms with Gasteiger partial charge in [0.15, 0.2) is 6.04 Å². The zero-order valence-electron chi connectivity index (χ0n) is 39.5. The summed E-state index contributed by atoms with van der Waals surface area (Å²) in [5.74, 6) is -2.35. The first-order chi connectivity index (χ1) is 29.6. The van der Waals surface area contributed by atoms with Gasteiger partial charge in [-0.3, -0.25) is 18.6 Å². The number of nitrogens with one attached hydrogen (secondary N) is 1. The number of amides is 1. The van der Waals surface area contributed by atoms with Crippen molar-refractivity contribution in [3.8, 4) is 0 Å². The number of phosphoric acid groups is 1. The van der Waals surface area contributed by atoms with E-state index in [9.17, 15) is 34.1 Å². The number of carboxylic acids is 1. The predicted octanol–water partition coefficient (Wildman–Crippen LogP) is 13.8. The van der Waals surface area contributed by atoms with Gasteiger partial charge < -0.3 is 25.2 Å². The minimum Gasteiger partial charge on any atom is -0.480 e. The molecule has 0 aliphatic heterocycles. The normalized spacial score (nSPS) is 13.5. The number of hydrogen-bond donors (Lipinski definition) is 4. The molecule has 1 amide bonds. The summed E-state index contributed by atoms with van der Waals surface area (Å²) >= 11 is 0. The second-order valence-electron chi connectivity index (χ2n) is 17.7. The van der Waals surface area contributed by atoms with Crippen molar-refractivity contribution in [2.75, 3.05) is 19.8 Å². The number of rotatable bonds is 49. The molecule has 4 N–H and O–H groups in total. The molecule has 0 aromatic rings. The van der Waals surface area contributed by atoms with Gasteiger partial charge in [-0.1, -0.05) is 239 Å². The Kier molecular flexibility index (Phi) is 43.9. The van der Waals surface area contributed by atoms with Gasteiger partial charge in [0, 0.05) is 12.8 Å². The number of carbonyl (C=O) groups is 3. The van der Waals surface area contributed by atoms with Crippen LogP contribution in [-0.4, -0.2) is 64.9 Å². The molecule has 0 aliphatic rings. The maximum atomic E-state index is 12.4. The third-order valence-corrected chi connectivity index (χ3v) is 12.6. The average molecular weight is 890 g/mol. The number of ether oxygens (including phenoxy) is 1. The molecule has 3 atom stereocenters. The van der Waals surface area contributed by atoms with Crippen molar-refractivity contribution >= 4 is 25.7 Å². The topological polar surface area (TPSA) is 169 Å². The van der Waals surface area contributed by atoms with E-state index >= 15 is 0 Å². The fraction of sp³-hybridized carbons (Fsp3) is 0.939. The third kappa shape index (κ3) is 44.9. The van der Waals surface area contributed by atoms with Gasteiger partial charge in [0.05, 0.1) is 13.2 Å². The Morgan fingerprint density at radius 2 is 0.754 bits per heavy atom. The zero-order valence-corrected chi connectivity index (χ0v) is 40.4. The number of hydrogen-bond acceptors (Lipinski definition) is 8. The van der Waals surface area contributed by atoms with E-state index in [4.69, 9.17) is 13.8 Å². The van der Waals surface area contributed by atoms with Gasteiger partial charge in [0.1, 0.15) is 12.7 Å². The van der Waals surface area contributed by atoms with Gasteiger partial charge in [0.25, 0.3) is 0 Å². The smallest absolute Gasteiger partial charge is 0.472 e. The van der Waals surface area contributed by atoms with E-state index in [1.807, 2.05) is 0 Å². The highest BCUT2D eigenvalue weighted by atomic mass is 31.2. The Bertz CT molecular complexity index is 1050. The molecule has 0 aliphatic carbocycles. The van der Waals surface area contributed by atoms with Crippen LogP contribution in [0.2, 0.25) is 0 Å².